The van der Waals surface area contributed by atoms with Gasteiger partial charge in [-0.05, 0) is 27.2 Å². The van der Waals surface area contributed by atoms with Crippen molar-refractivity contribution in [2.75, 3.05) is 13.1 Å². The largest absolute Gasteiger partial charge is 0.444 e. The van der Waals surface area contributed by atoms with Crippen molar-refractivity contribution in [3.8, 4) is 0 Å². The molecule has 2 atom stereocenters. The van der Waals surface area contributed by atoms with Crippen LogP contribution in [0.2, 0.25) is 0 Å². The molecule has 2 N–H and O–H groups in total. The minimum absolute atomic E-state index is 0.112. The van der Waals surface area contributed by atoms with Crippen LogP contribution < -0.4 is 5.32 Å². The van der Waals surface area contributed by atoms with Gasteiger partial charge >= 0.3 is 6.09 Å². The summed E-state index contributed by atoms with van der Waals surface area (Å²) in [5.74, 6) is 0. The van der Waals surface area contributed by atoms with E-state index in [1.54, 1.807) is 25.7 Å². The summed E-state index contributed by atoms with van der Waals surface area (Å²) in [4.78, 5) is 24.4. The summed E-state index contributed by atoms with van der Waals surface area (Å²) in [5.41, 5.74) is -0.569. The zero-order valence-electron chi connectivity index (χ0n) is 11.4. The predicted octanol–water partition coefficient (Wildman–Crippen LogP) is 0.473. The van der Waals surface area contributed by atoms with Crippen molar-refractivity contribution in [2.45, 2.75) is 44.9 Å². The number of nitrogens with zero attached hydrogens (tertiary/aromatic N) is 1. The molecule has 0 saturated carbocycles. The molecular formula is C12H20N2O4S. The van der Waals surface area contributed by atoms with Crippen LogP contribution in [-0.4, -0.2) is 58.2 Å². The molecule has 1 fully saturated rings. The predicted molar refractivity (Wildman–Crippen MR) is 74.0 cm³/mol. The van der Waals surface area contributed by atoms with Crippen molar-refractivity contribution in [3.63, 3.8) is 0 Å². The number of rotatable bonds is 3. The van der Waals surface area contributed by atoms with E-state index in [9.17, 15) is 14.7 Å². The summed E-state index contributed by atoms with van der Waals surface area (Å²) in [6, 6.07) is -0.618. The van der Waals surface area contributed by atoms with Gasteiger partial charge in [0, 0.05) is 6.54 Å². The van der Waals surface area contributed by atoms with Gasteiger partial charge in [0.1, 0.15) is 17.9 Å². The molecule has 19 heavy (non-hydrogen) atoms. The number of nitrogens with one attached hydrogen (secondary N) is 1. The molecule has 2 unspecified atom stereocenters. The van der Waals surface area contributed by atoms with Gasteiger partial charge in [-0.25, -0.2) is 4.79 Å². The highest BCUT2D eigenvalue weighted by molar-refractivity contribution is 7.80. The number of carbonyl (C=O) groups is 2. The first-order valence-corrected chi connectivity index (χ1v) is 6.55. The fraction of sp³-hybridized carbons (Fsp3) is 0.750. The molecule has 1 aliphatic heterocycles. The third-order valence-corrected chi connectivity index (χ3v) is 3.04. The number of hydrogen-bond donors (Lipinski definition) is 2. The van der Waals surface area contributed by atoms with Crippen molar-refractivity contribution in [3.05, 3.63) is 0 Å². The van der Waals surface area contributed by atoms with Crippen LogP contribution in [0.25, 0.3) is 0 Å². The molecule has 1 rings (SSSR count). The quantitative estimate of drug-likeness (QED) is 0.581. The SMILES string of the molecule is CC(C)(C)OC(=O)NCC(=S)N1CCC(O)C1C=O. The number of alkyl carbamates (subject to hydrolysis) is 1. The Hall–Kier alpha value is -1.21. The first-order chi connectivity index (χ1) is 8.74. The Kier molecular flexibility index (Phi) is 5.25. The number of ether oxygens (including phenoxy) is 1. The molecular weight excluding hydrogens is 268 g/mol. The van der Waals surface area contributed by atoms with Gasteiger partial charge in [0.15, 0.2) is 0 Å². The number of likely N-dealkylation sites (tertiary alicyclic amines) is 1. The molecule has 0 aliphatic carbocycles. The lowest BCUT2D eigenvalue weighted by Gasteiger charge is -2.25. The summed E-state index contributed by atoms with van der Waals surface area (Å²) in [5, 5.41) is 12.1. The Morgan fingerprint density at radius 3 is 2.74 bits per heavy atom. The summed E-state index contributed by atoms with van der Waals surface area (Å²) in [6.07, 6.45) is -0.0813. The lowest BCUT2D eigenvalue weighted by Crippen LogP contribution is -2.45. The highest BCUT2D eigenvalue weighted by Gasteiger charge is 2.33. The van der Waals surface area contributed by atoms with Crippen molar-refractivity contribution >= 4 is 29.6 Å². The van der Waals surface area contributed by atoms with Crippen molar-refractivity contribution in [2.24, 2.45) is 0 Å². The highest BCUT2D eigenvalue weighted by atomic mass is 32.1. The van der Waals surface area contributed by atoms with Gasteiger partial charge in [0.05, 0.1) is 17.6 Å². The number of aliphatic hydroxyl groups excluding tert-OH is 1. The van der Waals surface area contributed by atoms with Crippen LogP contribution in [0.15, 0.2) is 0 Å². The standard InChI is InChI=1S/C12H20N2O4S/c1-12(2,3)18-11(17)13-6-10(19)14-5-4-9(16)8(14)7-15/h7-9,16H,4-6H2,1-3H3,(H,13,17). The van der Waals surface area contributed by atoms with E-state index in [1.165, 1.54) is 0 Å². The Morgan fingerprint density at radius 1 is 1.58 bits per heavy atom. The van der Waals surface area contributed by atoms with Gasteiger partial charge in [-0.1, -0.05) is 12.2 Å². The van der Waals surface area contributed by atoms with E-state index in [2.05, 4.69) is 5.32 Å². The number of aliphatic hydroxyl groups is 1. The lowest BCUT2D eigenvalue weighted by molar-refractivity contribution is -0.112. The average Bonchev–Trinajstić information content (AvgIpc) is 2.65. The van der Waals surface area contributed by atoms with E-state index in [0.29, 0.717) is 24.2 Å². The Balaban J connectivity index is 2.44. The molecule has 0 aromatic rings. The van der Waals surface area contributed by atoms with Crippen LogP contribution in [0.4, 0.5) is 4.79 Å². The summed E-state index contributed by atoms with van der Waals surface area (Å²) in [6.45, 7) is 5.93. The minimum Gasteiger partial charge on any atom is -0.444 e. The van der Waals surface area contributed by atoms with Gasteiger partial charge in [-0.15, -0.1) is 0 Å². The van der Waals surface area contributed by atoms with Crippen LogP contribution in [0.5, 0.6) is 0 Å². The van der Waals surface area contributed by atoms with Crippen LogP contribution in [0.3, 0.4) is 0 Å². The molecule has 0 spiro atoms. The van der Waals surface area contributed by atoms with E-state index < -0.39 is 23.8 Å². The second-order valence-electron chi connectivity index (χ2n) is 5.43. The molecule has 108 valence electrons. The van der Waals surface area contributed by atoms with E-state index in [1.807, 2.05) is 0 Å². The van der Waals surface area contributed by atoms with Crippen LogP contribution in [0, 0.1) is 0 Å². The molecule has 1 amide bonds. The van der Waals surface area contributed by atoms with Gasteiger partial charge < -0.3 is 24.9 Å². The monoisotopic (exact) mass is 288 g/mol. The molecule has 0 bridgehead atoms. The fourth-order valence-electron chi connectivity index (χ4n) is 1.82. The maximum Gasteiger partial charge on any atom is 0.408 e. The zero-order chi connectivity index (χ0) is 14.6. The Morgan fingerprint density at radius 2 is 2.21 bits per heavy atom. The number of hydrogen-bond acceptors (Lipinski definition) is 5. The van der Waals surface area contributed by atoms with Crippen molar-refractivity contribution in [1.82, 2.24) is 10.2 Å². The van der Waals surface area contributed by atoms with Gasteiger partial charge in [0.2, 0.25) is 0 Å². The maximum absolute atomic E-state index is 11.5. The number of thiocarbonyl (C=S) groups is 1. The molecule has 1 saturated heterocycles. The summed E-state index contributed by atoms with van der Waals surface area (Å²) in [7, 11) is 0. The van der Waals surface area contributed by atoms with Crippen LogP contribution in [-0.2, 0) is 9.53 Å². The molecule has 6 nitrogen and oxygen atoms in total. The first-order valence-electron chi connectivity index (χ1n) is 6.14. The molecule has 0 radical (unpaired) electrons. The second-order valence-corrected chi connectivity index (χ2v) is 5.90. The Bertz CT molecular complexity index is 367. The third kappa shape index (κ3) is 4.76. The van der Waals surface area contributed by atoms with Crippen molar-refractivity contribution < 1.29 is 19.4 Å². The van der Waals surface area contributed by atoms with Gasteiger partial charge in [0.25, 0.3) is 0 Å². The van der Waals surface area contributed by atoms with E-state index in [0.717, 1.165) is 0 Å². The maximum atomic E-state index is 11.5. The zero-order valence-corrected chi connectivity index (χ0v) is 12.2. The molecule has 1 heterocycles. The van der Waals surface area contributed by atoms with Gasteiger partial charge in [-0.3, -0.25) is 0 Å². The fourth-order valence-corrected chi connectivity index (χ4v) is 2.10. The molecule has 1 aliphatic rings. The lowest BCUT2D eigenvalue weighted by atomic mass is 10.2. The van der Waals surface area contributed by atoms with Crippen LogP contribution in [0.1, 0.15) is 27.2 Å². The third-order valence-electron chi connectivity index (χ3n) is 2.66. The van der Waals surface area contributed by atoms with Gasteiger partial charge in [-0.2, -0.15) is 0 Å². The number of carbonyl (C=O) groups excluding carboxylic acids is 2. The first kappa shape index (κ1) is 15.8. The molecule has 0 aromatic carbocycles. The van der Waals surface area contributed by atoms with E-state index in [-0.39, 0.29) is 6.54 Å². The smallest absolute Gasteiger partial charge is 0.408 e. The highest BCUT2D eigenvalue weighted by Crippen LogP contribution is 2.17. The second kappa shape index (κ2) is 6.29. The molecule has 7 heteroatoms. The number of amides is 1. The van der Waals surface area contributed by atoms with E-state index in [4.69, 9.17) is 17.0 Å². The number of aldehydes is 1. The van der Waals surface area contributed by atoms with E-state index >= 15 is 0 Å². The summed E-state index contributed by atoms with van der Waals surface area (Å²) < 4.78 is 5.08. The summed E-state index contributed by atoms with van der Waals surface area (Å²) >= 11 is 5.16. The minimum atomic E-state index is -0.697. The Labute approximate surface area is 118 Å². The topological polar surface area (TPSA) is 78.9 Å². The average molecular weight is 288 g/mol. The van der Waals surface area contributed by atoms with Crippen LogP contribution >= 0.6 is 12.2 Å². The van der Waals surface area contributed by atoms with Crippen molar-refractivity contribution in [1.29, 1.82) is 0 Å². The normalized spacial score (nSPS) is 23.1. The molecule has 0 aromatic heterocycles.